The molecule has 0 aliphatic heterocycles. The molecule has 30 heavy (non-hydrogen) atoms. The summed E-state index contributed by atoms with van der Waals surface area (Å²) in [5.41, 5.74) is -1.79. The Bertz CT molecular complexity index is 579. The van der Waals surface area contributed by atoms with Crippen molar-refractivity contribution in [3.63, 3.8) is 0 Å². The molecule has 0 rings (SSSR count). The second-order valence-corrected chi connectivity index (χ2v) is 7.26. The molecule has 0 saturated carbocycles. The number of hydrogen-bond acceptors (Lipinski definition) is 4. The Morgan fingerprint density at radius 3 is 1.93 bits per heavy atom. The van der Waals surface area contributed by atoms with Crippen molar-refractivity contribution in [2.45, 2.75) is 83.8 Å². The molecule has 6 nitrogen and oxygen atoms in total. The average Bonchev–Trinajstić information content (AvgIpc) is 2.72. The monoisotopic (exact) mass is 422 g/mol. The third kappa shape index (κ3) is 11.8. The Hall–Kier alpha value is -2.10. The van der Waals surface area contributed by atoms with Crippen molar-refractivity contribution in [1.29, 1.82) is 0 Å². The van der Waals surface area contributed by atoms with Crippen LogP contribution >= 0.6 is 0 Å². The lowest BCUT2D eigenvalue weighted by Crippen LogP contribution is -2.38. The maximum absolute atomic E-state index is 11.6. The molecule has 0 bridgehead atoms. The number of carboxylic acid groups (broad SMARTS) is 2. The van der Waals surface area contributed by atoms with Gasteiger partial charge in [0.15, 0.2) is 5.41 Å². The van der Waals surface area contributed by atoms with E-state index in [0.29, 0.717) is 0 Å². The molecule has 0 aromatic rings. The van der Waals surface area contributed by atoms with E-state index in [9.17, 15) is 19.8 Å². The van der Waals surface area contributed by atoms with Gasteiger partial charge in [0.25, 0.3) is 0 Å². The van der Waals surface area contributed by atoms with Gasteiger partial charge in [0.05, 0.1) is 0 Å². The van der Waals surface area contributed by atoms with Crippen molar-refractivity contribution >= 4 is 11.9 Å². The van der Waals surface area contributed by atoms with E-state index in [2.05, 4.69) is 11.8 Å². The van der Waals surface area contributed by atoms with E-state index in [1.165, 1.54) is 0 Å². The first-order chi connectivity index (χ1) is 14.4. The number of methoxy groups -OCH3 is 2. The van der Waals surface area contributed by atoms with Gasteiger partial charge >= 0.3 is 11.9 Å². The number of allylic oxidation sites excluding steroid dienone is 4. The second-order valence-electron chi connectivity index (χ2n) is 7.26. The smallest absolute Gasteiger partial charge is 0.321 e. The van der Waals surface area contributed by atoms with Crippen LogP contribution in [0.1, 0.15) is 77.6 Å². The zero-order valence-electron chi connectivity index (χ0n) is 18.7. The number of aliphatic carboxylic acids is 2. The minimum atomic E-state index is -1.79. The summed E-state index contributed by atoms with van der Waals surface area (Å²) in [6.07, 6.45) is 15.4. The summed E-state index contributed by atoms with van der Waals surface area (Å²) >= 11 is 0. The molecule has 0 amide bonds. The van der Waals surface area contributed by atoms with Crippen LogP contribution in [0.2, 0.25) is 0 Å². The quantitative estimate of drug-likeness (QED) is 0.110. The summed E-state index contributed by atoms with van der Waals surface area (Å²) < 4.78 is 9.99. The predicted molar refractivity (Wildman–Crippen MR) is 118 cm³/mol. The third-order valence-electron chi connectivity index (χ3n) is 4.86. The summed E-state index contributed by atoms with van der Waals surface area (Å²) in [7, 11) is 3.12. The minimum absolute atomic E-state index is 0.000405. The van der Waals surface area contributed by atoms with E-state index in [1.54, 1.807) is 26.4 Å². The number of unbranched alkanes of at least 4 members (excludes halogenated alkanes) is 7. The van der Waals surface area contributed by atoms with Gasteiger partial charge in [-0.1, -0.05) is 62.8 Å². The normalized spacial score (nSPS) is 11.9. The first-order valence-corrected chi connectivity index (χ1v) is 10.7. The SMILES string of the molecule is CCC/C=C/CC(C/C=C/CCCCCCCC#CC(OC)OC)(C(=O)O)C(=O)O. The molecule has 0 spiro atoms. The summed E-state index contributed by atoms with van der Waals surface area (Å²) in [5, 5.41) is 19.0. The Labute approximate surface area is 181 Å². The van der Waals surface area contributed by atoms with Gasteiger partial charge in [-0.25, -0.2) is 0 Å². The van der Waals surface area contributed by atoms with Gasteiger partial charge < -0.3 is 19.7 Å². The van der Waals surface area contributed by atoms with Crippen LogP contribution in [0, 0.1) is 17.3 Å². The molecule has 170 valence electrons. The average molecular weight is 423 g/mol. The molecule has 0 aromatic carbocycles. The van der Waals surface area contributed by atoms with Crippen LogP contribution in [-0.2, 0) is 19.1 Å². The number of carboxylic acids is 2. The number of hydrogen-bond donors (Lipinski definition) is 2. The summed E-state index contributed by atoms with van der Waals surface area (Å²) in [4.78, 5) is 23.3. The van der Waals surface area contributed by atoms with Gasteiger partial charge in [-0.3, -0.25) is 9.59 Å². The summed E-state index contributed by atoms with van der Waals surface area (Å²) in [6.45, 7) is 2.02. The van der Waals surface area contributed by atoms with Crippen LogP contribution in [0.15, 0.2) is 24.3 Å². The molecule has 0 aliphatic rings. The first kappa shape index (κ1) is 27.9. The standard InChI is InChI=1S/C24H38O6/c1-4-5-6-16-19-24(22(25)26,23(27)28)20-17-14-12-10-8-7-9-11-13-15-18-21(29-2)30-3/h6,14,16-17,21H,4-5,7-13,19-20H2,1-3H3,(H,25,26)(H,27,28)/b16-6+,17-14+. The van der Waals surface area contributed by atoms with Crippen molar-refractivity contribution < 1.29 is 29.3 Å². The van der Waals surface area contributed by atoms with Gasteiger partial charge in [0.1, 0.15) is 0 Å². The molecule has 0 atom stereocenters. The van der Waals surface area contributed by atoms with E-state index >= 15 is 0 Å². The fourth-order valence-electron chi connectivity index (χ4n) is 2.87. The zero-order valence-corrected chi connectivity index (χ0v) is 18.7. The van der Waals surface area contributed by atoms with Gasteiger partial charge in [0.2, 0.25) is 6.29 Å². The number of carbonyl (C=O) groups is 2. The summed E-state index contributed by atoms with van der Waals surface area (Å²) in [5.74, 6) is 3.38. The molecule has 0 aromatic heterocycles. The minimum Gasteiger partial charge on any atom is -0.480 e. The Kier molecular flexibility index (Phi) is 16.5. The molecule has 0 unspecified atom stereocenters. The fraction of sp³-hybridized carbons (Fsp3) is 0.667. The maximum Gasteiger partial charge on any atom is 0.321 e. The molecular formula is C24H38O6. The molecule has 0 saturated heterocycles. The second kappa shape index (κ2) is 17.7. The van der Waals surface area contributed by atoms with Gasteiger partial charge in [0, 0.05) is 20.6 Å². The topological polar surface area (TPSA) is 93.1 Å². The van der Waals surface area contributed by atoms with Crippen LogP contribution in [0.3, 0.4) is 0 Å². The largest absolute Gasteiger partial charge is 0.480 e. The molecular weight excluding hydrogens is 384 g/mol. The molecule has 2 N–H and O–H groups in total. The van der Waals surface area contributed by atoms with E-state index in [0.717, 1.165) is 57.8 Å². The Morgan fingerprint density at radius 2 is 1.40 bits per heavy atom. The van der Waals surface area contributed by atoms with Gasteiger partial charge in [-0.05, 0) is 44.4 Å². The molecule has 0 heterocycles. The highest BCUT2D eigenvalue weighted by Crippen LogP contribution is 2.29. The van der Waals surface area contributed by atoms with Crippen molar-refractivity contribution in [3.8, 4) is 11.8 Å². The molecule has 0 radical (unpaired) electrons. The Morgan fingerprint density at radius 1 is 0.867 bits per heavy atom. The molecule has 6 heteroatoms. The van der Waals surface area contributed by atoms with Crippen LogP contribution in [0.5, 0.6) is 0 Å². The highest BCUT2D eigenvalue weighted by Gasteiger charge is 2.44. The van der Waals surface area contributed by atoms with Crippen LogP contribution < -0.4 is 0 Å². The van der Waals surface area contributed by atoms with E-state index < -0.39 is 23.6 Å². The van der Waals surface area contributed by atoms with Crippen molar-refractivity contribution in [3.05, 3.63) is 24.3 Å². The van der Waals surface area contributed by atoms with Gasteiger partial charge in [-0.2, -0.15) is 0 Å². The molecule has 0 fully saturated rings. The lowest BCUT2D eigenvalue weighted by molar-refractivity contribution is -0.164. The van der Waals surface area contributed by atoms with Crippen molar-refractivity contribution in [2.24, 2.45) is 5.41 Å². The summed E-state index contributed by atoms with van der Waals surface area (Å²) in [6, 6.07) is 0. The fourth-order valence-corrected chi connectivity index (χ4v) is 2.87. The van der Waals surface area contributed by atoms with Crippen LogP contribution in [-0.4, -0.2) is 42.7 Å². The van der Waals surface area contributed by atoms with E-state index in [1.807, 2.05) is 19.1 Å². The molecule has 0 aliphatic carbocycles. The van der Waals surface area contributed by atoms with Crippen molar-refractivity contribution in [2.75, 3.05) is 14.2 Å². The lowest BCUT2D eigenvalue weighted by atomic mass is 9.80. The van der Waals surface area contributed by atoms with E-state index in [4.69, 9.17) is 9.47 Å². The third-order valence-corrected chi connectivity index (χ3v) is 4.86. The van der Waals surface area contributed by atoms with Crippen LogP contribution in [0.4, 0.5) is 0 Å². The number of rotatable bonds is 17. The number of ether oxygens (including phenoxy) is 2. The Balaban J connectivity index is 4.17. The first-order valence-electron chi connectivity index (χ1n) is 10.7. The predicted octanol–water partition coefficient (Wildman–Crippen LogP) is 5.19. The van der Waals surface area contributed by atoms with Gasteiger partial charge in [-0.15, -0.1) is 0 Å². The van der Waals surface area contributed by atoms with E-state index in [-0.39, 0.29) is 12.8 Å². The zero-order chi connectivity index (χ0) is 22.7. The van der Waals surface area contributed by atoms with Crippen molar-refractivity contribution in [1.82, 2.24) is 0 Å². The maximum atomic E-state index is 11.6. The lowest BCUT2D eigenvalue weighted by Gasteiger charge is -2.21. The highest BCUT2D eigenvalue weighted by atomic mass is 16.7. The highest BCUT2D eigenvalue weighted by molar-refractivity contribution is 5.98. The van der Waals surface area contributed by atoms with Crippen LogP contribution in [0.25, 0.3) is 0 Å².